The molecule has 0 amide bonds. The summed E-state index contributed by atoms with van der Waals surface area (Å²) in [6, 6.07) is 18.0. The fourth-order valence-corrected chi connectivity index (χ4v) is 4.53. The summed E-state index contributed by atoms with van der Waals surface area (Å²) < 4.78 is 12.5. The van der Waals surface area contributed by atoms with Gasteiger partial charge in [-0.2, -0.15) is 0 Å². The van der Waals surface area contributed by atoms with Gasteiger partial charge in [-0.1, -0.05) is 45.7 Å². The van der Waals surface area contributed by atoms with E-state index in [1.807, 2.05) is 18.2 Å². The van der Waals surface area contributed by atoms with Crippen molar-refractivity contribution in [2.45, 2.75) is 31.6 Å². The van der Waals surface area contributed by atoms with Gasteiger partial charge in [0, 0.05) is 40.0 Å². The molecular weight excluding hydrogens is 531 g/mol. The number of hydrogen-bond acceptors (Lipinski definition) is 5. The van der Waals surface area contributed by atoms with E-state index in [-0.39, 0.29) is 47.0 Å². The maximum atomic E-state index is 12.5. The molecule has 1 heterocycles. The number of ether oxygens (including phenoxy) is 2. The molecule has 1 aliphatic rings. The van der Waals surface area contributed by atoms with Gasteiger partial charge in [0.15, 0.2) is 5.78 Å². The van der Waals surface area contributed by atoms with E-state index in [1.165, 1.54) is 5.56 Å². The predicted octanol–water partition coefficient (Wildman–Crippen LogP) is 2.72. The van der Waals surface area contributed by atoms with Crippen molar-refractivity contribution in [2.24, 2.45) is 0 Å². The van der Waals surface area contributed by atoms with Crippen LogP contribution in [0, 0.1) is 0 Å². The molecule has 0 saturated carbocycles. The van der Waals surface area contributed by atoms with Crippen molar-refractivity contribution in [3.8, 4) is 17.2 Å². The Morgan fingerprint density at radius 2 is 1.85 bits per heavy atom. The second-order valence-corrected chi connectivity index (χ2v) is 9.09. The minimum absolute atomic E-state index is 0. The number of Topliss-reactive ketones (excluding diaryl/α,β-unsaturated/α-hetero) is 1. The quantitative estimate of drug-likeness (QED) is 0.318. The summed E-state index contributed by atoms with van der Waals surface area (Å²) in [5.41, 5.74) is 2.29. The number of carbonyl (C=O) groups excluding carboxylic acids is 2. The molecule has 5 nitrogen and oxygen atoms in total. The summed E-state index contributed by atoms with van der Waals surface area (Å²) in [5.74, 6) is -0.556. The van der Waals surface area contributed by atoms with E-state index in [2.05, 4.69) is 22.0 Å². The third kappa shape index (κ3) is 6.43. The summed E-state index contributed by atoms with van der Waals surface area (Å²) >= 11 is 9.86. The second kappa shape index (κ2) is 12.2. The third-order valence-corrected chi connectivity index (χ3v) is 6.67. The first-order valence-corrected chi connectivity index (χ1v) is 11.8. The number of carboxylic acids is 1. The normalized spacial score (nSPS) is 14.4. The van der Waals surface area contributed by atoms with Crippen LogP contribution in [0.15, 0.2) is 65.1 Å². The Balaban J connectivity index is 0.00000324. The van der Waals surface area contributed by atoms with E-state index in [1.54, 1.807) is 36.4 Å². The van der Waals surface area contributed by atoms with Crippen molar-refractivity contribution >= 4 is 39.3 Å². The Morgan fingerprint density at radius 3 is 2.56 bits per heavy atom. The van der Waals surface area contributed by atoms with Gasteiger partial charge >= 0.3 is 29.6 Å². The molecule has 1 unspecified atom stereocenters. The maximum Gasteiger partial charge on any atom is 1.00 e. The minimum Gasteiger partial charge on any atom is -0.549 e. The van der Waals surface area contributed by atoms with Crippen molar-refractivity contribution in [1.29, 1.82) is 0 Å². The van der Waals surface area contributed by atoms with Gasteiger partial charge in [-0.15, -0.1) is 0 Å². The second-order valence-electron chi connectivity index (χ2n) is 7.82. The van der Waals surface area contributed by atoms with Gasteiger partial charge in [-0.05, 0) is 61.2 Å². The van der Waals surface area contributed by atoms with E-state index in [4.69, 9.17) is 21.1 Å². The van der Waals surface area contributed by atoms with Crippen LogP contribution in [0.3, 0.4) is 0 Å². The van der Waals surface area contributed by atoms with Crippen molar-refractivity contribution in [3.05, 3.63) is 86.8 Å². The fourth-order valence-electron chi connectivity index (χ4n) is 3.83. The number of aliphatic carboxylic acids is 1. The zero-order valence-corrected chi connectivity index (χ0v) is 23.0. The fraction of sp³-hybridized carbons (Fsp3) is 0.231. The number of carbonyl (C=O) groups is 2. The molecule has 8 heteroatoms. The van der Waals surface area contributed by atoms with Gasteiger partial charge < -0.3 is 19.4 Å². The van der Waals surface area contributed by atoms with Gasteiger partial charge in [-0.3, -0.25) is 4.79 Å². The van der Waals surface area contributed by atoms with E-state index in [0.29, 0.717) is 41.2 Å². The number of hydrogen-bond donors (Lipinski definition) is 0. The number of carboxylic acid groups (broad SMARTS) is 1. The Morgan fingerprint density at radius 1 is 1.12 bits per heavy atom. The Bertz CT molecular complexity index is 1180. The van der Waals surface area contributed by atoms with Crippen LogP contribution < -0.4 is 44.1 Å². The molecule has 0 N–H and O–H groups in total. The zero-order valence-electron chi connectivity index (χ0n) is 18.7. The molecule has 1 atom stereocenters. The first-order valence-electron chi connectivity index (χ1n) is 10.6. The minimum atomic E-state index is -1.15. The molecular formula is C26H21BrClNaO5. The van der Waals surface area contributed by atoms with Gasteiger partial charge in [0.05, 0.1) is 11.6 Å². The maximum absolute atomic E-state index is 12.5. The van der Waals surface area contributed by atoms with Crippen LogP contribution in [0.1, 0.15) is 46.7 Å². The van der Waals surface area contributed by atoms with Crippen molar-refractivity contribution in [3.63, 3.8) is 0 Å². The molecule has 3 aromatic carbocycles. The number of benzene rings is 3. The third-order valence-electron chi connectivity index (χ3n) is 5.60. The Labute approximate surface area is 233 Å². The number of aryl methyl sites for hydroxylation is 1. The molecule has 34 heavy (non-hydrogen) atoms. The average molecular weight is 552 g/mol. The average Bonchev–Trinajstić information content (AvgIpc) is 2.80. The standard InChI is InChI=1S/C26H22BrClO5.Na/c27-21-6-2-1-4-16(21)5-3-7-23(29)17-8-10-18(11-9-17)33-25-15-24-20(14-22(25)28)19(26(30)31)12-13-32-24;/h1-2,4,6,8-11,14-15,19H,3,5,7,12-13H2,(H,30,31);/q;+1/p-1. The van der Waals surface area contributed by atoms with Crippen molar-refractivity contribution in [2.75, 3.05) is 6.61 Å². The van der Waals surface area contributed by atoms with E-state index in [0.717, 1.165) is 17.3 Å². The topological polar surface area (TPSA) is 75.7 Å². The van der Waals surface area contributed by atoms with Crippen molar-refractivity contribution in [1.82, 2.24) is 0 Å². The molecule has 0 aliphatic carbocycles. The molecule has 0 fully saturated rings. The van der Waals surface area contributed by atoms with Crippen LogP contribution in [0.5, 0.6) is 17.2 Å². The van der Waals surface area contributed by atoms with Gasteiger partial charge in [0.1, 0.15) is 17.2 Å². The number of rotatable bonds is 8. The molecule has 0 spiro atoms. The number of ketones is 1. The number of fused-ring (bicyclic) bond motifs is 1. The molecule has 0 aromatic heterocycles. The summed E-state index contributed by atoms with van der Waals surface area (Å²) in [6.45, 7) is 0.282. The van der Waals surface area contributed by atoms with E-state index in [9.17, 15) is 14.7 Å². The Hall–Kier alpha value is -1.83. The largest absolute Gasteiger partial charge is 1.00 e. The summed E-state index contributed by atoms with van der Waals surface area (Å²) in [7, 11) is 0. The first-order chi connectivity index (χ1) is 15.9. The molecule has 4 rings (SSSR count). The summed E-state index contributed by atoms with van der Waals surface area (Å²) in [5, 5.41) is 11.6. The molecule has 3 aromatic rings. The monoisotopic (exact) mass is 550 g/mol. The van der Waals surface area contributed by atoms with Gasteiger partial charge in [0.2, 0.25) is 0 Å². The van der Waals surface area contributed by atoms with Crippen LogP contribution in [-0.2, 0) is 11.2 Å². The van der Waals surface area contributed by atoms with E-state index >= 15 is 0 Å². The molecule has 0 bridgehead atoms. The predicted molar refractivity (Wildman–Crippen MR) is 127 cm³/mol. The van der Waals surface area contributed by atoms with Crippen LogP contribution in [0.25, 0.3) is 0 Å². The molecule has 170 valence electrons. The van der Waals surface area contributed by atoms with Crippen LogP contribution in [-0.4, -0.2) is 18.4 Å². The van der Waals surface area contributed by atoms with Crippen LogP contribution in [0.4, 0.5) is 0 Å². The number of halogens is 2. The summed E-state index contributed by atoms with van der Waals surface area (Å²) in [4.78, 5) is 23.9. The first kappa shape index (κ1) is 26.8. The van der Waals surface area contributed by atoms with Crippen LogP contribution >= 0.6 is 27.5 Å². The smallest absolute Gasteiger partial charge is 0.549 e. The van der Waals surface area contributed by atoms with Crippen LogP contribution in [0.2, 0.25) is 5.02 Å². The Kier molecular flexibility index (Phi) is 9.63. The van der Waals surface area contributed by atoms with Gasteiger partial charge in [0.25, 0.3) is 0 Å². The summed E-state index contributed by atoms with van der Waals surface area (Å²) in [6.07, 6.45) is 2.38. The zero-order chi connectivity index (χ0) is 23.4. The van der Waals surface area contributed by atoms with E-state index < -0.39 is 11.9 Å². The SMILES string of the molecule is O=C(CCCc1ccccc1Br)c1ccc(Oc2cc3c(cc2Cl)C(C(=O)[O-])CCO3)cc1.[Na+]. The molecule has 0 saturated heterocycles. The van der Waals surface area contributed by atoms with Crippen molar-refractivity contribution < 1.29 is 53.7 Å². The molecule has 0 radical (unpaired) electrons. The van der Waals surface area contributed by atoms with Gasteiger partial charge in [-0.25, -0.2) is 0 Å². The molecule has 1 aliphatic heterocycles.